The van der Waals surface area contributed by atoms with Crippen LogP contribution in [0.25, 0.3) is 0 Å². The van der Waals surface area contributed by atoms with E-state index in [1.807, 2.05) is 45.9 Å². The average molecular weight is 247 g/mol. The Morgan fingerprint density at radius 3 is 2.17 bits per heavy atom. The zero-order valence-electron chi connectivity index (χ0n) is 11.7. The highest BCUT2D eigenvalue weighted by molar-refractivity contribution is 5.97. The number of carbonyl (C=O) groups excluding carboxylic acids is 2. The second kappa shape index (κ2) is 4.92. The summed E-state index contributed by atoms with van der Waals surface area (Å²) in [6.07, 6.45) is 0.809. The zero-order valence-corrected chi connectivity index (χ0v) is 11.7. The molecule has 98 valence electrons. The Morgan fingerprint density at radius 2 is 1.72 bits per heavy atom. The van der Waals surface area contributed by atoms with Crippen LogP contribution in [0, 0.1) is 12.3 Å². The topological polar surface area (TPSA) is 46.2 Å². The molecule has 3 heteroatoms. The SMILES string of the molecule is Cc1ccccc1C(=O)N[C@](C)(C=O)C(C)(C)C. The van der Waals surface area contributed by atoms with Gasteiger partial charge in [-0.3, -0.25) is 4.79 Å². The third kappa shape index (κ3) is 2.78. The fourth-order valence-electron chi connectivity index (χ4n) is 1.52. The number of nitrogens with one attached hydrogen (secondary N) is 1. The summed E-state index contributed by atoms with van der Waals surface area (Å²) in [7, 11) is 0. The minimum atomic E-state index is -0.883. The molecule has 1 rings (SSSR count). The number of aldehydes is 1. The Hall–Kier alpha value is -1.64. The normalized spacial score (nSPS) is 14.7. The highest BCUT2D eigenvalue weighted by atomic mass is 16.2. The lowest BCUT2D eigenvalue weighted by molar-refractivity contribution is -0.116. The second-order valence-electron chi connectivity index (χ2n) is 5.84. The summed E-state index contributed by atoms with van der Waals surface area (Å²) in [5.41, 5.74) is 0.284. The summed E-state index contributed by atoms with van der Waals surface area (Å²) in [6, 6.07) is 7.34. The molecule has 0 radical (unpaired) electrons. The molecule has 18 heavy (non-hydrogen) atoms. The van der Waals surface area contributed by atoms with Gasteiger partial charge in [0.05, 0.1) is 5.54 Å². The number of rotatable bonds is 3. The van der Waals surface area contributed by atoms with Crippen molar-refractivity contribution in [2.75, 3.05) is 0 Å². The summed E-state index contributed by atoms with van der Waals surface area (Å²) >= 11 is 0. The summed E-state index contributed by atoms with van der Waals surface area (Å²) < 4.78 is 0. The van der Waals surface area contributed by atoms with Gasteiger partial charge in [0.25, 0.3) is 5.91 Å². The van der Waals surface area contributed by atoms with E-state index < -0.39 is 5.54 Å². The van der Waals surface area contributed by atoms with Crippen LogP contribution >= 0.6 is 0 Å². The van der Waals surface area contributed by atoms with Gasteiger partial charge in [-0.2, -0.15) is 0 Å². The summed E-state index contributed by atoms with van der Waals surface area (Å²) in [4.78, 5) is 23.5. The fourth-order valence-corrected chi connectivity index (χ4v) is 1.52. The van der Waals surface area contributed by atoms with Crippen molar-refractivity contribution in [3.63, 3.8) is 0 Å². The van der Waals surface area contributed by atoms with Crippen molar-refractivity contribution in [1.82, 2.24) is 5.32 Å². The van der Waals surface area contributed by atoms with Crippen molar-refractivity contribution in [2.45, 2.75) is 40.2 Å². The standard InChI is InChI=1S/C15H21NO2/c1-11-8-6-7-9-12(11)13(18)16-15(5,10-17)14(2,3)4/h6-10H,1-5H3,(H,16,18)/t15-/m1/s1. The monoisotopic (exact) mass is 247 g/mol. The minimum absolute atomic E-state index is 0.211. The van der Waals surface area contributed by atoms with Gasteiger partial charge in [0.2, 0.25) is 0 Å². The molecule has 0 spiro atoms. The lowest BCUT2D eigenvalue weighted by Crippen LogP contribution is -2.56. The average Bonchev–Trinajstić information content (AvgIpc) is 2.27. The number of hydrogen-bond donors (Lipinski definition) is 1. The van der Waals surface area contributed by atoms with Crippen LogP contribution in [-0.2, 0) is 4.79 Å². The molecule has 0 saturated heterocycles. The third-order valence-corrected chi connectivity index (χ3v) is 3.56. The van der Waals surface area contributed by atoms with Gasteiger partial charge in [0, 0.05) is 5.56 Å². The molecule has 3 nitrogen and oxygen atoms in total. The Bertz CT molecular complexity index is 460. The van der Waals surface area contributed by atoms with E-state index in [-0.39, 0.29) is 11.3 Å². The van der Waals surface area contributed by atoms with Gasteiger partial charge < -0.3 is 10.1 Å². The van der Waals surface area contributed by atoms with E-state index in [4.69, 9.17) is 0 Å². The third-order valence-electron chi connectivity index (χ3n) is 3.56. The Morgan fingerprint density at radius 1 is 1.17 bits per heavy atom. The van der Waals surface area contributed by atoms with Gasteiger partial charge >= 0.3 is 0 Å². The largest absolute Gasteiger partial charge is 0.340 e. The molecule has 0 aromatic heterocycles. The molecule has 1 aromatic rings. The lowest BCUT2D eigenvalue weighted by Gasteiger charge is -2.38. The first-order valence-electron chi connectivity index (χ1n) is 6.06. The molecule has 1 N–H and O–H groups in total. The van der Waals surface area contributed by atoms with Gasteiger partial charge in [-0.25, -0.2) is 0 Å². The lowest BCUT2D eigenvalue weighted by atomic mass is 9.75. The van der Waals surface area contributed by atoms with Crippen LogP contribution in [-0.4, -0.2) is 17.7 Å². The van der Waals surface area contributed by atoms with Gasteiger partial charge in [0.15, 0.2) is 0 Å². The van der Waals surface area contributed by atoms with Crippen molar-refractivity contribution < 1.29 is 9.59 Å². The number of aryl methyl sites for hydroxylation is 1. The van der Waals surface area contributed by atoms with E-state index in [9.17, 15) is 9.59 Å². The highest BCUT2D eigenvalue weighted by Gasteiger charge is 2.38. The minimum Gasteiger partial charge on any atom is -0.340 e. The first-order chi connectivity index (χ1) is 8.21. The predicted octanol–water partition coefficient (Wildman–Crippen LogP) is 2.73. The number of amides is 1. The van der Waals surface area contributed by atoms with Crippen molar-refractivity contribution >= 4 is 12.2 Å². The van der Waals surface area contributed by atoms with Crippen LogP contribution in [0.3, 0.4) is 0 Å². The first kappa shape index (κ1) is 14.4. The van der Waals surface area contributed by atoms with Crippen LogP contribution < -0.4 is 5.32 Å². The molecule has 0 saturated carbocycles. The maximum atomic E-state index is 12.2. The van der Waals surface area contributed by atoms with E-state index in [2.05, 4.69) is 5.32 Å². The van der Waals surface area contributed by atoms with Crippen molar-refractivity contribution in [3.05, 3.63) is 35.4 Å². The van der Waals surface area contributed by atoms with Crippen LogP contribution in [0.15, 0.2) is 24.3 Å². The van der Waals surface area contributed by atoms with Gasteiger partial charge in [-0.05, 0) is 30.9 Å². The number of hydrogen-bond acceptors (Lipinski definition) is 2. The molecule has 1 aromatic carbocycles. The van der Waals surface area contributed by atoms with Gasteiger partial charge in [-0.1, -0.05) is 39.0 Å². The van der Waals surface area contributed by atoms with Crippen LogP contribution in [0.2, 0.25) is 0 Å². The highest BCUT2D eigenvalue weighted by Crippen LogP contribution is 2.28. The molecule has 0 aliphatic rings. The van der Waals surface area contributed by atoms with Gasteiger partial charge in [-0.15, -0.1) is 0 Å². The molecule has 0 unspecified atom stereocenters. The smallest absolute Gasteiger partial charge is 0.252 e. The van der Waals surface area contributed by atoms with Crippen molar-refractivity contribution in [3.8, 4) is 0 Å². The fraction of sp³-hybridized carbons (Fsp3) is 0.467. The van der Waals surface area contributed by atoms with Crippen molar-refractivity contribution in [2.24, 2.45) is 5.41 Å². The molecule has 0 heterocycles. The number of benzene rings is 1. The molecule has 1 amide bonds. The second-order valence-corrected chi connectivity index (χ2v) is 5.84. The van der Waals surface area contributed by atoms with Crippen LogP contribution in [0.5, 0.6) is 0 Å². The summed E-state index contributed by atoms with van der Waals surface area (Å²) in [5.74, 6) is -0.211. The molecular formula is C15H21NO2. The van der Waals surface area contributed by atoms with E-state index in [0.717, 1.165) is 11.8 Å². The Kier molecular flexibility index (Phi) is 3.95. The molecule has 0 fully saturated rings. The summed E-state index contributed by atoms with van der Waals surface area (Å²) in [6.45, 7) is 9.42. The zero-order chi connectivity index (χ0) is 14.0. The maximum absolute atomic E-state index is 12.2. The molecule has 1 atom stereocenters. The maximum Gasteiger partial charge on any atom is 0.252 e. The molecule has 0 bridgehead atoms. The Balaban J connectivity index is 3.01. The molecule has 0 aliphatic carbocycles. The molecule has 0 aliphatic heterocycles. The van der Waals surface area contributed by atoms with Gasteiger partial charge in [0.1, 0.15) is 6.29 Å². The van der Waals surface area contributed by atoms with Crippen LogP contribution in [0.4, 0.5) is 0 Å². The quantitative estimate of drug-likeness (QED) is 0.835. The van der Waals surface area contributed by atoms with E-state index >= 15 is 0 Å². The van der Waals surface area contributed by atoms with Crippen LogP contribution in [0.1, 0.15) is 43.6 Å². The van der Waals surface area contributed by atoms with E-state index in [1.165, 1.54) is 0 Å². The van der Waals surface area contributed by atoms with E-state index in [1.54, 1.807) is 13.0 Å². The predicted molar refractivity (Wildman–Crippen MR) is 72.6 cm³/mol. The first-order valence-corrected chi connectivity index (χ1v) is 6.06. The Labute approximate surface area is 109 Å². The molecular weight excluding hydrogens is 226 g/mol. The summed E-state index contributed by atoms with van der Waals surface area (Å²) in [5, 5.41) is 2.83. The van der Waals surface area contributed by atoms with Crippen molar-refractivity contribution in [1.29, 1.82) is 0 Å². The number of carbonyl (C=O) groups is 2. The van der Waals surface area contributed by atoms with E-state index in [0.29, 0.717) is 5.56 Å².